The van der Waals surface area contributed by atoms with Crippen LogP contribution in [0.25, 0.3) is 0 Å². The number of hydrazone groups is 1. The van der Waals surface area contributed by atoms with Crippen LogP contribution in [0.2, 0.25) is 5.02 Å². The van der Waals surface area contributed by atoms with Gasteiger partial charge in [-0.25, -0.2) is 5.43 Å². The molecule has 0 fully saturated rings. The number of nitrogens with zero attached hydrogens (tertiary/aromatic N) is 1. The molecule has 3 aromatic rings. The summed E-state index contributed by atoms with van der Waals surface area (Å²) in [5.41, 5.74) is 7.55. The zero-order chi connectivity index (χ0) is 22.4. The van der Waals surface area contributed by atoms with E-state index in [1.54, 1.807) is 6.21 Å². The first-order valence-corrected chi connectivity index (χ1v) is 11.5. The summed E-state index contributed by atoms with van der Waals surface area (Å²) in [6.07, 6.45) is 1.87. The van der Waals surface area contributed by atoms with E-state index in [0.717, 1.165) is 31.2 Å². The fraction of sp³-hybridized carbons (Fsp3) is 0.167. The quantitative estimate of drug-likeness (QED) is 0.255. The standard InChI is InChI=1S/C24H21Br2ClN2O2/c1-15-7-8-18(16(2)9-15)12-23(30)29-28-13-17-10-20(25)24(21(26)11-17)31-14-19-5-3-4-6-22(19)27/h3-11,13H,12,14H2,1-2H3,(H,29,30)/b28-13-. The van der Waals surface area contributed by atoms with Crippen LogP contribution in [0.3, 0.4) is 0 Å². The summed E-state index contributed by atoms with van der Waals surface area (Å²) in [5.74, 6) is 0.497. The number of amides is 1. The molecule has 0 aromatic heterocycles. The van der Waals surface area contributed by atoms with E-state index in [9.17, 15) is 4.79 Å². The van der Waals surface area contributed by atoms with Crippen LogP contribution in [-0.4, -0.2) is 12.1 Å². The fourth-order valence-corrected chi connectivity index (χ4v) is 4.63. The van der Waals surface area contributed by atoms with Gasteiger partial charge < -0.3 is 4.74 Å². The number of nitrogens with one attached hydrogen (secondary N) is 1. The van der Waals surface area contributed by atoms with Crippen molar-refractivity contribution >= 4 is 55.6 Å². The average molecular weight is 565 g/mol. The summed E-state index contributed by atoms with van der Waals surface area (Å²) in [6.45, 7) is 4.38. The summed E-state index contributed by atoms with van der Waals surface area (Å²) >= 11 is 13.3. The first-order chi connectivity index (χ1) is 14.8. The van der Waals surface area contributed by atoms with Gasteiger partial charge in [-0.3, -0.25) is 4.79 Å². The second kappa shape index (κ2) is 10.9. The monoisotopic (exact) mass is 562 g/mol. The number of carbonyl (C=O) groups is 1. The molecule has 7 heteroatoms. The van der Waals surface area contributed by atoms with Crippen LogP contribution in [0.15, 0.2) is 68.6 Å². The van der Waals surface area contributed by atoms with Crippen LogP contribution in [0.4, 0.5) is 0 Å². The molecular weight excluding hydrogens is 544 g/mol. The number of hydrogen-bond acceptors (Lipinski definition) is 3. The average Bonchev–Trinajstić information content (AvgIpc) is 2.71. The first-order valence-electron chi connectivity index (χ1n) is 9.57. The largest absolute Gasteiger partial charge is 0.486 e. The Morgan fingerprint density at radius 1 is 1.06 bits per heavy atom. The Morgan fingerprint density at radius 2 is 1.77 bits per heavy atom. The van der Waals surface area contributed by atoms with Gasteiger partial charge in [0.2, 0.25) is 5.91 Å². The first kappa shape index (κ1) is 23.5. The molecule has 0 bridgehead atoms. The van der Waals surface area contributed by atoms with Crippen molar-refractivity contribution in [3.63, 3.8) is 0 Å². The van der Waals surface area contributed by atoms with Crippen molar-refractivity contribution in [2.24, 2.45) is 5.10 Å². The molecule has 1 N–H and O–H groups in total. The van der Waals surface area contributed by atoms with Crippen molar-refractivity contribution in [3.8, 4) is 5.75 Å². The minimum absolute atomic E-state index is 0.166. The summed E-state index contributed by atoms with van der Waals surface area (Å²) in [4.78, 5) is 12.2. The van der Waals surface area contributed by atoms with Crippen LogP contribution >= 0.6 is 43.5 Å². The molecule has 1 amide bonds. The third-order valence-electron chi connectivity index (χ3n) is 4.60. The molecular formula is C24H21Br2ClN2O2. The van der Waals surface area contributed by atoms with Crippen molar-refractivity contribution in [1.29, 1.82) is 0 Å². The number of ether oxygens (including phenoxy) is 1. The van der Waals surface area contributed by atoms with Gasteiger partial charge in [-0.15, -0.1) is 0 Å². The zero-order valence-corrected chi connectivity index (χ0v) is 21.0. The van der Waals surface area contributed by atoms with Gasteiger partial charge in [-0.2, -0.15) is 5.10 Å². The molecule has 160 valence electrons. The second-order valence-electron chi connectivity index (χ2n) is 7.09. The highest BCUT2D eigenvalue weighted by atomic mass is 79.9. The smallest absolute Gasteiger partial charge is 0.244 e. The van der Waals surface area contributed by atoms with Gasteiger partial charge in [0.25, 0.3) is 0 Å². The summed E-state index contributed by atoms with van der Waals surface area (Å²) in [5, 5.41) is 4.74. The van der Waals surface area contributed by atoms with E-state index < -0.39 is 0 Å². The van der Waals surface area contributed by atoms with Crippen molar-refractivity contribution < 1.29 is 9.53 Å². The molecule has 0 unspecified atom stereocenters. The van der Waals surface area contributed by atoms with Gasteiger partial charge in [0, 0.05) is 10.6 Å². The summed E-state index contributed by atoms with van der Waals surface area (Å²) in [6, 6.07) is 17.3. The molecule has 3 rings (SSSR count). The lowest BCUT2D eigenvalue weighted by Gasteiger charge is -2.12. The highest BCUT2D eigenvalue weighted by Crippen LogP contribution is 2.35. The SMILES string of the molecule is Cc1ccc(CC(=O)N/N=C\c2cc(Br)c(OCc3ccccc3Cl)c(Br)c2)c(C)c1. The van der Waals surface area contributed by atoms with Gasteiger partial charge in [-0.1, -0.05) is 53.6 Å². The molecule has 3 aromatic carbocycles. The van der Waals surface area contributed by atoms with Crippen molar-refractivity contribution in [1.82, 2.24) is 5.43 Å². The van der Waals surface area contributed by atoms with E-state index in [0.29, 0.717) is 17.4 Å². The fourth-order valence-electron chi connectivity index (χ4n) is 2.99. The van der Waals surface area contributed by atoms with Crippen LogP contribution in [0, 0.1) is 13.8 Å². The lowest BCUT2D eigenvalue weighted by Crippen LogP contribution is -2.20. The molecule has 0 spiro atoms. The van der Waals surface area contributed by atoms with Crippen LogP contribution < -0.4 is 10.2 Å². The molecule has 0 heterocycles. The van der Waals surface area contributed by atoms with E-state index in [2.05, 4.69) is 48.5 Å². The number of carbonyl (C=O) groups excluding carboxylic acids is 1. The van der Waals surface area contributed by atoms with E-state index in [1.165, 1.54) is 5.56 Å². The predicted octanol–water partition coefficient (Wildman–Crippen LogP) is 6.75. The van der Waals surface area contributed by atoms with E-state index in [4.69, 9.17) is 16.3 Å². The Labute approximate surface area is 203 Å². The van der Waals surface area contributed by atoms with E-state index in [-0.39, 0.29) is 12.3 Å². The lowest BCUT2D eigenvalue weighted by atomic mass is 10.0. The minimum atomic E-state index is -0.166. The Balaban J connectivity index is 1.61. The summed E-state index contributed by atoms with van der Waals surface area (Å²) < 4.78 is 7.45. The maximum Gasteiger partial charge on any atom is 0.244 e. The van der Waals surface area contributed by atoms with Crippen molar-refractivity contribution in [3.05, 3.63) is 96.4 Å². The molecule has 0 saturated carbocycles. The molecule has 0 saturated heterocycles. The normalized spacial score (nSPS) is 11.0. The van der Waals surface area contributed by atoms with Crippen LogP contribution in [0.1, 0.15) is 27.8 Å². The number of rotatable bonds is 7. The predicted molar refractivity (Wildman–Crippen MR) is 133 cm³/mol. The van der Waals surface area contributed by atoms with Gasteiger partial charge in [0.05, 0.1) is 21.6 Å². The topological polar surface area (TPSA) is 50.7 Å². The maximum atomic E-state index is 12.2. The van der Waals surface area contributed by atoms with E-state index in [1.807, 2.05) is 62.4 Å². The van der Waals surface area contributed by atoms with Crippen molar-refractivity contribution in [2.75, 3.05) is 0 Å². The highest BCUT2D eigenvalue weighted by Gasteiger charge is 2.10. The molecule has 31 heavy (non-hydrogen) atoms. The number of aryl methyl sites for hydroxylation is 2. The Morgan fingerprint density at radius 3 is 2.45 bits per heavy atom. The third-order valence-corrected chi connectivity index (χ3v) is 6.15. The van der Waals surface area contributed by atoms with Crippen LogP contribution in [-0.2, 0) is 17.8 Å². The van der Waals surface area contributed by atoms with E-state index >= 15 is 0 Å². The van der Waals surface area contributed by atoms with Crippen molar-refractivity contribution in [2.45, 2.75) is 26.9 Å². The molecule has 0 radical (unpaired) electrons. The maximum absolute atomic E-state index is 12.2. The number of benzene rings is 3. The Hall–Kier alpha value is -2.15. The van der Waals surface area contributed by atoms with Gasteiger partial charge in [0.1, 0.15) is 12.4 Å². The number of hydrogen-bond donors (Lipinski definition) is 1. The summed E-state index contributed by atoms with van der Waals surface area (Å²) in [7, 11) is 0. The van der Waals surface area contributed by atoms with Crippen LogP contribution in [0.5, 0.6) is 5.75 Å². The molecule has 0 aliphatic carbocycles. The number of halogens is 3. The molecule has 4 nitrogen and oxygen atoms in total. The highest BCUT2D eigenvalue weighted by molar-refractivity contribution is 9.11. The Bertz CT molecular complexity index is 1110. The molecule has 0 aliphatic heterocycles. The second-order valence-corrected chi connectivity index (χ2v) is 9.21. The Kier molecular flexibility index (Phi) is 8.29. The zero-order valence-electron chi connectivity index (χ0n) is 17.1. The minimum Gasteiger partial charge on any atom is -0.486 e. The van der Waals surface area contributed by atoms with Gasteiger partial charge in [0.15, 0.2) is 0 Å². The van der Waals surface area contributed by atoms with Gasteiger partial charge in [-0.05, 0) is 80.6 Å². The molecule has 0 aliphatic rings. The lowest BCUT2D eigenvalue weighted by molar-refractivity contribution is -0.120. The third kappa shape index (κ3) is 6.66. The molecule has 0 atom stereocenters. The van der Waals surface area contributed by atoms with Gasteiger partial charge >= 0.3 is 0 Å².